The van der Waals surface area contributed by atoms with Gasteiger partial charge in [-0.25, -0.2) is 0 Å². The standard InChI is InChI=1S/C16H19N3O/c1-12(15-7-4-8-18-11-15)19-16(20)9-13-5-2-3-6-14(13)10-17/h2-8,11-12H,9-10,17H2,1H3,(H,19,20). The molecule has 3 N–H and O–H groups in total. The van der Waals surface area contributed by atoms with E-state index in [9.17, 15) is 4.79 Å². The summed E-state index contributed by atoms with van der Waals surface area (Å²) in [6.45, 7) is 2.39. The van der Waals surface area contributed by atoms with Gasteiger partial charge in [-0.05, 0) is 29.7 Å². The van der Waals surface area contributed by atoms with E-state index in [-0.39, 0.29) is 11.9 Å². The summed E-state index contributed by atoms with van der Waals surface area (Å²) in [5, 5.41) is 2.98. The average Bonchev–Trinajstić information content (AvgIpc) is 2.48. The van der Waals surface area contributed by atoms with E-state index in [0.29, 0.717) is 13.0 Å². The van der Waals surface area contributed by atoms with Crippen molar-refractivity contribution in [2.75, 3.05) is 0 Å². The van der Waals surface area contributed by atoms with E-state index >= 15 is 0 Å². The highest BCUT2D eigenvalue weighted by molar-refractivity contribution is 5.79. The third-order valence-electron chi connectivity index (χ3n) is 3.25. The van der Waals surface area contributed by atoms with Crippen LogP contribution in [0.2, 0.25) is 0 Å². The van der Waals surface area contributed by atoms with Gasteiger partial charge in [0.2, 0.25) is 5.91 Å². The van der Waals surface area contributed by atoms with Gasteiger partial charge in [-0.15, -0.1) is 0 Å². The summed E-state index contributed by atoms with van der Waals surface area (Å²) in [6.07, 6.45) is 3.83. The summed E-state index contributed by atoms with van der Waals surface area (Å²) in [6, 6.07) is 11.5. The summed E-state index contributed by atoms with van der Waals surface area (Å²) < 4.78 is 0. The number of hydrogen-bond donors (Lipinski definition) is 2. The molecule has 104 valence electrons. The molecule has 0 aliphatic carbocycles. The molecule has 2 rings (SSSR count). The quantitative estimate of drug-likeness (QED) is 0.872. The number of nitrogens with one attached hydrogen (secondary N) is 1. The Hall–Kier alpha value is -2.20. The van der Waals surface area contributed by atoms with Gasteiger partial charge in [0.15, 0.2) is 0 Å². The molecule has 1 heterocycles. The molecule has 0 spiro atoms. The second-order valence-corrected chi connectivity index (χ2v) is 4.73. The number of nitrogens with zero attached hydrogens (tertiary/aromatic N) is 1. The van der Waals surface area contributed by atoms with Crippen molar-refractivity contribution in [1.82, 2.24) is 10.3 Å². The first kappa shape index (κ1) is 14.2. The van der Waals surface area contributed by atoms with E-state index in [2.05, 4.69) is 10.3 Å². The summed E-state index contributed by atoms with van der Waals surface area (Å²) in [7, 11) is 0. The van der Waals surface area contributed by atoms with E-state index in [0.717, 1.165) is 16.7 Å². The largest absolute Gasteiger partial charge is 0.349 e. The Morgan fingerprint density at radius 3 is 2.65 bits per heavy atom. The summed E-state index contributed by atoms with van der Waals surface area (Å²) in [4.78, 5) is 16.1. The highest BCUT2D eigenvalue weighted by Crippen LogP contribution is 2.12. The fourth-order valence-electron chi connectivity index (χ4n) is 2.11. The topological polar surface area (TPSA) is 68.0 Å². The zero-order valence-electron chi connectivity index (χ0n) is 11.5. The number of rotatable bonds is 5. The second-order valence-electron chi connectivity index (χ2n) is 4.73. The average molecular weight is 269 g/mol. The number of benzene rings is 1. The van der Waals surface area contributed by atoms with Crippen molar-refractivity contribution >= 4 is 5.91 Å². The van der Waals surface area contributed by atoms with Crippen molar-refractivity contribution in [3.8, 4) is 0 Å². The van der Waals surface area contributed by atoms with Gasteiger partial charge < -0.3 is 11.1 Å². The molecule has 4 nitrogen and oxygen atoms in total. The Labute approximate surface area is 119 Å². The molecule has 20 heavy (non-hydrogen) atoms. The normalized spacial score (nSPS) is 11.9. The fraction of sp³-hybridized carbons (Fsp3) is 0.250. The van der Waals surface area contributed by atoms with Crippen molar-refractivity contribution in [2.24, 2.45) is 5.73 Å². The van der Waals surface area contributed by atoms with Gasteiger partial charge in [-0.2, -0.15) is 0 Å². The zero-order chi connectivity index (χ0) is 14.4. The molecule has 0 fully saturated rings. The van der Waals surface area contributed by atoms with Crippen molar-refractivity contribution < 1.29 is 4.79 Å². The minimum atomic E-state index is -0.0544. The Morgan fingerprint density at radius 1 is 1.25 bits per heavy atom. The van der Waals surface area contributed by atoms with Crippen LogP contribution in [0, 0.1) is 0 Å². The lowest BCUT2D eigenvalue weighted by atomic mass is 10.0. The smallest absolute Gasteiger partial charge is 0.224 e. The molecule has 4 heteroatoms. The number of pyridine rings is 1. The lowest BCUT2D eigenvalue weighted by Crippen LogP contribution is -2.28. The molecule has 0 saturated carbocycles. The molecule has 0 aliphatic rings. The van der Waals surface area contributed by atoms with Crippen LogP contribution in [0.4, 0.5) is 0 Å². The van der Waals surface area contributed by atoms with Crippen LogP contribution in [0.3, 0.4) is 0 Å². The van der Waals surface area contributed by atoms with Gasteiger partial charge in [0.1, 0.15) is 0 Å². The Balaban J connectivity index is 1.99. The Kier molecular flexibility index (Phi) is 4.85. The third-order valence-corrected chi connectivity index (χ3v) is 3.25. The molecule has 1 aromatic heterocycles. The van der Waals surface area contributed by atoms with Gasteiger partial charge in [0, 0.05) is 18.9 Å². The molecule has 0 radical (unpaired) electrons. The molecule has 2 aromatic rings. The fourth-order valence-corrected chi connectivity index (χ4v) is 2.11. The number of amides is 1. The molecular weight excluding hydrogens is 250 g/mol. The van der Waals surface area contributed by atoms with Crippen molar-refractivity contribution in [3.63, 3.8) is 0 Å². The van der Waals surface area contributed by atoms with Crippen LogP contribution >= 0.6 is 0 Å². The highest BCUT2D eigenvalue weighted by atomic mass is 16.1. The monoisotopic (exact) mass is 269 g/mol. The molecule has 0 aliphatic heterocycles. The lowest BCUT2D eigenvalue weighted by Gasteiger charge is -2.14. The van der Waals surface area contributed by atoms with Crippen LogP contribution in [0.1, 0.15) is 29.7 Å². The van der Waals surface area contributed by atoms with Crippen LogP contribution < -0.4 is 11.1 Å². The maximum Gasteiger partial charge on any atom is 0.224 e. The number of nitrogens with two attached hydrogens (primary N) is 1. The molecular formula is C16H19N3O. The number of aromatic nitrogens is 1. The minimum absolute atomic E-state index is 0.0118. The van der Waals surface area contributed by atoms with E-state index in [1.165, 1.54) is 0 Å². The Bertz CT molecular complexity index is 569. The van der Waals surface area contributed by atoms with Crippen LogP contribution in [-0.4, -0.2) is 10.9 Å². The molecule has 1 unspecified atom stereocenters. The number of carbonyl (C=O) groups excluding carboxylic acids is 1. The van der Waals surface area contributed by atoms with Crippen molar-refractivity contribution in [2.45, 2.75) is 25.9 Å². The van der Waals surface area contributed by atoms with Crippen molar-refractivity contribution in [1.29, 1.82) is 0 Å². The molecule has 0 saturated heterocycles. The van der Waals surface area contributed by atoms with Gasteiger partial charge in [0.05, 0.1) is 12.5 Å². The first-order valence-electron chi connectivity index (χ1n) is 6.67. The predicted octanol–water partition coefficient (Wildman–Crippen LogP) is 1.96. The van der Waals surface area contributed by atoms with Gasteiger partial charge in [0.25, 0.3) is 0 Å². The van der Waals surface area contributed by atoms with E-state index in [1.54, 1.807) is 12.4 Å². The molecule has 1 amide bonds. The predicted molar refractivity (Wildman–Crippen MR) is 78.8 cm³/mol. The van der Waals surface area contributed by atoms with E-state index < -0.39 is 0 Å². The van der Waals surface area contributed by atoms with Gasteiger partial charge in [-0.3, -0.25) is 9.78 Å². The zero-order valence-corrected chi connectivity index (χ0v) is 11.5. The second kappa shape index (κ2) is 6.82. The molecule has 1 atom stereocenters. The van der Waals surface area contributed by atoms with E-state index in [1.807, 2.05) is 43.3 Å². The van der Waals surface area contributed by atoms with Crippen LogP contribution in [0.15, 0.2) is 48.8 Å². The molecule has 0 bridgehead atoms. The summed E-state index contributed by atoms with van der Waals surface area (Å²) in [5.74, 6) is -0.0118. The van der Waals surface area contributed by atoms with Crippen molar-refractivity contribution in [3.05, 3.63) is 65.5 Å². The summed E-state index contributed by atoms with van der Waals surface area (Å²) >= 11 is 0. The number of hydrogen-bond acceptors (Lipinski definition) is 3. The van der Waals surface area contributed by atoms with Crippen LogP contribution in [0.25, 0.3) is 0 Å². The number of carbonyl (C=O) groups is 1. The maximum atomic E-state index is 12.1. The van der Waals surface area contributed by atoms with Crippen LogP contribution in [-0.2, 0) is 17.8 Å². The van der Waals surface area contributed by atoms with Crippen LogP contribution in [0.5, 0.6) is 0 Å². The maximum absolute atomic E-state index is 12.1. The summed E-state index contributed by atoms with van der Waals surface area (Å²) in [5.41, 5.74) is 8.66. The Morgan fingerprint density at radius 2 is 2.00 bits per heavy atom. The first-order chi connectivity index (χ1) is 9.70. The highest BCUT2D eigenvalue weighted by Gasteiger charge is 2.11. The molecule has 1 aromatic carbocycles. The van der Waals surface area contributed by atoms with Gasteiger partial charge >= 0.3 is 0 Å². The third kappa shape index (κ3) is 3.65. The SMILES string of the molecule is CC(NC(=O)Cc1ccccc1CN)c1cccnc1. The first-order valence-corrected chi connectivity index (χ1v) is 6.67. The van der Waals surface area contributed by atoms with E-state index in [4.69, 9.17) is 5.73 Å². The van der Waals surface area contributed by atoms with Gasteiger partial charge in [-0.1, -0.05) is 30.3 Å². The minimum Gasteiger partial charge on any atom is -0.349 e. The lowest BCUT2D eigenvalue weighted by molar-refractivity contribution is -0.121.